The van der Waals surface area contributed by atoms with Gasteiger partial charge in [0.05, 0.1) is 12.6 Å². The van der Waals surface area contributed by atoms with Crippen LogP contribution in [0.1, 0.15) is 92.4 Å². The average molecular weight is 484 g/mol. The monoisotopic (exact) mass is 483 g/mol. The van der Waals surface area contributed by atoms with Crippen molar-refractivity contribution in [3.05, 3.63) is 71.4 Å². The summed E-state index contributed by atoms with van der Waals surface area (Å²) in [6, 6.07) is 18.7. The third kappa shape index (κ3) is 3.93. The van der Waals surface area contributed by atoms with Crippen molar-refractivity contribution >= 4 is 22.7 Å². The predicted molar refractivity (Wildman–Crippen MR) is 143 cm³/mol. The molecule has 0 bridgehead atoms. The van der Waals surface area contributed by atoms with Crippen LogP contribution in [0, 0.1) is 0 Å². The number of aromatic nitrogens is 1. The van der Waals surface area contributed by atoms with Crippen molar-refractivity contribution in [3.63, 3.8) is 0 Å². The maximum atomic E-state index is 14.3. The Morgan fingerprint density at radius 3 is 2.47 bits per heavy atom. The Bertz CT molecular complexity index is 1290. The molecule has 2 heterocycles. The lowest BCUT2D eigenvalue weighted by Gasteiger charge is -2.49. The minimum Gasteiger partial charge on any atom is -0.351 e. The number of rotatable bonds is 3. The van der Waals surface area contributed by atoms with Gasteiger partial charge in [-0.15, -0.1) is 0 Å². The smallest absolute Gasteiger partial charge is 0.271 e. The fourth-order valence-electron chi connectivity index (χ4n) is 6.89. The van der Waals surface area contributed by atoms with Gasteiger partial charge in [0.15, 0.2) is 0 Å². The Labute approximate surface area is 213 Å². The number of hydrogen-bond donors (Lipinski definition) is 1. The lowest BCUT2D eigenvalue weighted by molar-refractivity contribution is -0.135. The molecule has 1 aliphatic heterocycles. The minimum absolute atomic E-state index is 0.00657. The Morgan fingerprint density at radius 1 is 0.917 bits per heavy atom. The van der Waals surface area contributed by atoms with Crippen LogP contribution in [0.5, 0.6) is 0 Å². The zero-order chi connectivity index (χ0) is 24.7. The van der Waals surface area contributed by atoms with E-state index in [1.165, 1.54) is 30.4 Å². The molecular formula is C31H37N3O2. The SMILES string of the molecule is CC1(C(=O)NC2CCCCCCC2)Cn2c(cc3ccccc32)C(=O)N1C1CCCc2ccccc21. The third-order valence-electron chi connectivity index (χ3n) is 8.83. The zero-order valence-corrected chi connectivity index (χ0v) is 21.3. The topological polar surface area (TPSA) is 54.3 Å². The summed E-state index contributed by atoms with van der Waals surface area (Å²) < 4.78 is 2.08. The number of hydrogen-bond acceptors (Lipinski definition) is 2. The van der Waals surface area contributed by atoms with E-state index in [1.54, 1.807) is 0 Å². The number of nitrogens with one attached hydrogen (secondary N) is 1. The van der Waals surface area contributed by atoms with E-state index in [1.807, 2.05) is 30.0 Å². The summed E-state index contributed by atoms with van der Waals surface area (Å²) in [5.74, 6) is -0.0395. The number of para-hydroxylation sites is 1. The number of carbonyl (C=O) groups excluding carboxylic acids is 2. The second kappa shape index (κ2) is 9.42. The van der Waals surface area contributed by atoms with Crippen LogP contribution in [0.4, 0.5) is 0 Å². The van der Waals surface area contributed by atoms with E-state index in [9.17, 15) is 9.59 Å². The number of fused-ring (bicyclic) bond motifs is 4. The van der Waals surface area contributed by atoms with E-state index in [0.717, 1.165) is 55.8 Å². The molecule has 5 nitrogen and oxygen atoms in total. The summed E-state index contributed by atoms with van der Waals surface area (Å²) >= 11 is 0. The summed E-state index contributed by atoms with van der Waals surface area (Å²) in [4.78, 5) is 30.5. The van der Waals surface area contributed by atoms with E-state index < -0.39 is 5.54 Å². The molecule has 2 aliphatic carbocycles. The minimum atomic E-state index is -0.969. The second-order valence-corrected chi connectivity index (χ2v) is 11.2. The molecule has 0 spiro atoms. The van der Waals surface area contributed by atoms with E-state index in [0.29, 0.717) is 12.2 Å². The lowest BCUT2D eigenvalue weighted by atomic mass is 9.82. The molecule has 1 saturated carbocycles. The largest absolute Gasteiger partial charge is 0.351 e. The molecule has 2 amide bonds. The van der Waals surface area contributed by atoms with Crippen LogP contribution in [-0.4, -0.2) is 32.9 Å². The molecule has 36 heavy (non-hydrogen) atoms. The van der Waals surface area contributed by atoms with Gasteiger partial charge in [0.2, 0.25) is 5.91 Å². The standard InChI is InChI=1S/C31H37N3O2/c1-31(30(36)32-24-15-5-3-2-4-6-16-24)21-33-26-18-10-8-13-23(26)20-28(33)29(35)34(31)27-19-11-14-22-12-7-9-17-25(22)27/h7-10,12-13,17-18,20,24,27H,2-6,11,14-16,19,21H2,1H3,(H,32,36). The third-order valence-corrected chi connectivity index (χ3v) is 8.83. The van der Waals surface area contributed by atoms with Crippen LogP contribution in [0.2, 0.25) is 0 Å². The number of benzene rings is 2. The maximum absolute atomic E-state index is 14.3. The van der Waals surface area contributed by atoms with Crippen molar-refractivity contribution in [1.29, 1.82) is 0 Å². The quantitative estimate of drug-likeness (QED) is 0.485. The molecule has 1 N–H and O–H groups in total. The molecule has 2 atom stereocenters. The Morgan fingerprint density at radius 2 is 1.64 bits per heavy atom. The van der Waals surface area contributed by atoms with Crippen molar-refractivity contribution in [2.45, 2.75) is 95.3 Å². The average Bonchev–Trinajstić information content (AvgIpc) is 3.24. The number of aryl methyl sites for hydroxylation is 1. The number of carbonyl (C=O) groups is 2. The predicted octanol–water partition coefficient (Wildman–Crippen LogP) is 6.16. The molecule has 2 aromatic carbocycles. The van der Waals surface area contributed by atoms with Gasteiger partial charge in [0.25, 0.3) is 5.91 Å². The number of amides is 2. The molecule has 188 valence electrons. The first-order chi connectivity index (χ1) is 17.6. The number of nitrogens with zero attached hydrogens (tertiary/aromatic N) is 2. The molecule has 6 rings (SSSR count). The Hall–Kier alpha value is -3.08. The molecule has 0 radical (unpaired) electrons. The maximum Gasteiger partial charge on any atom is 0.271 e. The van der Waals surface area contributed by atoms with Gasteiger partial charge >= 0.3 is 0 Å². The van der Waals surface area contributed by atoms with Crippen LogP contribution < -0.4 is 5.32 Å². The summed E-state index contributed by atoms with van der Waals surface area (Å²) in [5, 5.41) is 4.49. The summed E-state index contributed by atoms with van der Waals surface area (Å²) in [5.41, 5.74) is 3.25. The first-order valence-corrected chi connectivity index (χ1v) is 13.9. The van der Waals surface area contributed by atoms with E-state index in [2.05, 4.69) is 46.3 Å². The van der Waals surface area contributed by atoms with Gasteiger partial charge in [0, 0.05) is 16.9 Å². The highest BCUT2D eigenvalue weighted by Crippen LogP contribution is 2.43. The highest BCUT2D eigenvalue weighted by atomic mass is 16.2. The summed E-state index contributed by atoms with van der Waals surface area (Å²) in [6.45, 7) is 2.47. The first-order valence-electron chi connectivity index (χ1n) is 13.9. The van der Waals surface area contributed by atoms with Gasteiger partial charge in [0.1, 0.15) is 11.2 Å². The summed E-state index contributed by atoms with van der Waals surface area (Å²) in [7, 11) is 0. The van der Waals surface area contributed by atoms with Gasteiger partial charge in [-0.05, 0) is 62.3 Å². The van der Waals surface area contributed by atoms with Gasteiger partial charge in [-0.3, -0.25) is 9.59 Å². The van der Waals surface area contributed by atoms with Gasteiger partial charge in [-0.1, -0.05) is 74.6 Å². The van der Waals surface area contributed by atoms with Gasteiger partial charge in [-0.25, -0.2) is 0 Å². The van der Waals surface area contributed by atoms with E-state index >= 15 is 0 Å². The Balaban J connectivity index is 1.43. The van der Waals surface area contributed by atoms with Crippen molar-refractivity contribution < 1.29 is 9.59 Å². The van der Waals surface area contributed by atoms with Crippen molar-refractivity contribution in [1.82, 2.24) is 14.8 Å². The second-order valence-electron chi connectivity index (χ2n) is 11.2. The highest BCUT2D eigenvalue weighted by molar-refractivity contribution is 6.04. The molecule has 1 fully saturated rings. The molecule has 3 aliphatic rings. The van der Waals surface area contributed by atoms with Crippen molar-refractivity contribution in [2.75, 3.05) is 0 Å². The van der Waals surface area contributed by atoms with Crippen LogP contribution in [-0.2, 0) is 17.8 Å². The van der Waals surface area contributed by atoms with Crippen molar-refractivity contribution in [3.8, 4) is 0 Å². The molecule has 0 saturated heterocycles. The highest BCUT2D eigenvalue weighted by Gasteiger charge is 2.51. The molecule has 3 aromatic rings. The van der Waals surface area contributed by atoms with Crippen LogP contribution in [0.25, 0.3) is 10.9 Å². The molecular weight excluding hydrogens is 446 g/mol. The molecule has 5 heteroatoms. The van der Waals surface area contributed by atoms with E-state index in [4.69, 9.17) is 0 Å². The Kier molecular flexibility index (Phi) is 6.10. The zero-order valence-electron chi connectivity index (χ0n) is 21.3. The van der Waals surface area contributed by atoms with Gasteiger partial charge < -0.3 is 14.8 Å². The van der Waals surface area contributed by atoms with Gasteiger partial charge in [-0.2, -0.15) is 0 Å². The van der Waals surface area contributed by atoms with Crippen LogP contribution >= 0.6 is 0 Å². The fourth-order valence-corrected chi connectivity index (χ4v) is 6.89. The van der Waals surface area contributed by atoms with Crippen molar-refractivity contribution in [2.24, 2.45) is 0 Å². The normalized spacial score (nSPS) is 25.1. The molecule has 2 unspecified atom stereocenters. The lowest BCUT2D eigenvalue weighted by Crippen LogP contribution is -2.65. The van der Waals surface area contributed by atoms with Crippen LogP contribution in [0.3, 0.4) is 0 Å². The summed E-state index contributed by atoms with van der Waals surface area (Å²) in [6.07, 6.45) is 11.1. The first kappa shape index (κ1) is 23.3. The van der Waals surface area contributed by atoms with Crippen LogP contribution in [0.15, 0.2) is 54.6 Å². The fraction of sp³-hybridized carbons (Fsp3) is 0.484. The molecule has 1 aromatic heterocycles. The van der Waals surface area contributed by atoms with E-state index in [-0.39, 0.29) is 23.9 Å².